The van der Waals surface area contributed by atoms with Crippen LogP contribution < -0.4 is 0 Å². The number of carboxylic acids is 1. The first-order chi connectivity index (χ1) is 5.18. The number of halogens is 1. The van der Waals surface area contributed by atoms with Crippen LogP contribution in [0.1, 0.15) is 12.8 Å². The monoisotopic (exact) mass is 221 g/mol. The lowest BCUT2D eigenvalue weighted by Crippen LogP contribution is -2.37. The van der Waals surface area contributed by atoms with E-state index in [1.807, 2.05) is 4.90 Å². The SMILES string of the molecule is O=C(O)CN1CCC(Br)CC1. The van der Waals surface area contributed by atoms with Crippen LogP contribution in [0.3, 0.4) is 0 Å². The average molecular weight is 222 g/mol. The molecular weight excluding hydrogens is 210 g/mol. The van der Waals surface area contributed by atoms with Gasteiger partial charge in [0.05, 0.1) is 6.54 Å². The maximum Gasteiger partial charge on any atom is 0.317 e. The molecule has 1 aliphatic rings. The molecule has 0 aliphatic carbocycles. The Hall–Kier alpha value is -0.0900. The number of hydrogen-bond donors (Lipinski definition) is 1. The highest BCUT2D eigenvalue weighted by Crippen LogP contribution is 2.16. The van der Waals surface area contributed by atoms with Gasteiger partial charge in [0.1, 0.15) is 0 Å². The summed E-state index contributed by atoms with van der Waals surface area (Å²) in [6, 6.07) is 0. The van der Waals surface area contributed by atoms with Crippen LogP contribution in [0.5, 0.6) is 0 Å². The predicted molar refractivity (Wildman–Crippen MR) is 46.0 cm³/mol. The second-order valence-corrected chi connectivity index (χ2v) is 4.14. The molecule has 11 heavy (non-hydrogen) atoms. The molecule has 0 saturated carbocycles. The molecule has 64 valence electrons. The second-order valence-electron chi connectivity index (χ2n) is 2.84. The van der Waals surface area contributed by atoms with Gasteiger partial charge in [-0.1, -0.05) is 15.9 Å². The molecule has 0 aromatic rings. The van der Waals surface area contributed by atoms with Gasteiger partial charge >= 0.3 is 5.97 Å². The fourth-order valence-corrected chi connectivity index (χ4v) is 1.66. The van der Waals surface area contributed by atoms with Crippen LogP contribution in [0.2, 0.25) is 0 Å². The molecule has 1 heterocycles. The number of aliphatic carboxylic acids is 1. The average Bonchev–Trinajstić information content (AvgIpc) is 1.93. The van der Waals surface area contributed by atoms with E-state index in [9.17, 15) is 4.79 Å². The molecule has 0 bridgehead atoms. The van der Waals surface area contributed by atoms with Crippen LogP contribution in [0.4, 0.5) is 0 Å². The fourth-order valence-electron chi connectivity index (χ4n) is 1.25. The molecule has 1 N–H and O–H groups in total. The highest BCUT2D eigenvalue weighted by Gasteiger charge is 2.17. The summed E-state index contributed by atoms with van der Waals surface area (Å²) in [5, 5.41) is 8.48. The number of carbonyl (C=O) groups is 1. The summed E-state index contributed by atoms with van der Waals surface area (Å²) in [7, 11) is 0. The highest BCUT2D eigenvalue weighted by molar-refractivity contribution is 9.09. The first-order valence-corrected chi connectivity index (χ1v) is 4.68. The number of carboxylic acid groups (broad SMARTS) is 1. The normalized spacial score (nSPS) is 21.9. The zero-order valence-electron chi connectivity index (χ0n) is 6.29. The van der Waals surface area contributed by atoms with Crippen LogP contribution in [-0.4, -0.2) is 40.4 Å². The quantitative estimate of drug-likeness (QED) is 0.706. The van der Waals surface area contributed by atoms with E-state index in [0.29, 0.717) is 4.83 Å². The number of likely N-dealkylation sites (tertiary alicyclic amines) is 1. The summed E-state index contributed by atoms with van der Waals surface area (Å²) in [5.74, 6) is -0.724. The minimum Gasteiger partial charge on any atom is -0.480 e. The third kappa shape index (κ3) is 3.20. The van der Waals surface area contributed by atoms with E-state index in [1.54, 1.807) is 0 Å². The molecule has 0 amide bonds. The van der Waals surface area contributed by atoms with Gasteiger partial charge in [0.15, 0.2) is 0 Å². The first kappa shape index (κ1) is 9.00. The van der Waals surface area contributed by atoms with Gasteiger partial charge in [0, 0.05) is 4.83 Å². The summed E-state index contributed by atoms with van der Waals surface area (Å²) in [6.07, 6.45) is 2.13. The van der Waals surface area contributed by atoms with Gasteiger partial charge in [-0.05, 0) is 25.9 Å². The van der Waals surface area contributed by atoms with Crippen LogP contribution in [0.15, 0.2) is 0 Å². The molecule has 1 rings (SSSR count). The summed E-state index contributed by atoms with van der Waals surface area (Å²) in [4.78, 5) is 12.9. The van der Waals surface area contributed by atoms with Crippen molar-refractivity contribution in [3.63, 3.8) is 0 Å². The van der Waals surface area contributed by atoms with Crippen molar-refractivity contribution in [3.8, 4) is 0 Å². The molecule has 1 fully saturated rings. The Morgan fingerprint density at radius 3 is 2.55 bits per heavy atom. The van der Waals surface area contributed by atoms with Crippen LogP contribution in [0, 0.1) is 0 Å². The van der Waals surface area contributed by atoms with Gasteiger partial charge in [-0.15, -0.1) is 0 Å². The van der Waals surface area contributed by atoms with Gasteiger partial charge < -0.3 is 5.11 Å². The molecule has 0 aromatic heterocycles. The predicted octanol–water partition coefficient (Wildman–Crippen LogP) is 0.930. The van der Waals surface area contributed by atoms with E-state index in [-0.39, 0.29) is 6.54 Å². The van der Waals surface area contributed by atoms with Crippen LogP contribution in [0.25, 0.3) is 0 Å². The molecule has 0 unspecified atom stereocenters. The van der Waals surface area contributed by atoms with E-state index in [1.165, 1.54) is 0 Å². The van der Waals surface area contributed by atoms with Crippen molar-refractivity contribution < 1.29 is 9.90 Å². The lowest BCUT2D eigenvalue weighted by molar-refractivity contribution is -0.138. The fraction of sp³-hybridized carbons (Fsp3) is 0.857. The zero-order chi connectivity index (χ0) is 8.27. The number of alkyl halides is 1. The Labute approximate surface area is 74.5 Å². The Bertz CT molecular complexity index is 143. The largest absolute Gasteiger partial charge is 0.480 e. The van der Waals surface area contributed by atoms with Crippen molar-refractivity contribution in [3.05, 3.63) is 0 Å². The van der Waals surface area contributed by atoms with Crippen molar-refractivity contribution in [2.75, 3.05) is 19.6 Å². The third-order valence-corrected chi connectivity index (χ3v) is 2.79. The molecule has 0 spiro atoms. The van der Waals surface area contributed by atoms with Crippen LogP contribution >= 0.6 is 15.9 Å². The lowest BCUT2D eigenvalue weighted by Gasteiger charge is -2.27. The van der Waals surface area contributed by atoms with E-state index in [0.717, 1.165) is 25.9 Å². The summed E-state index contributed by atoms with van der Waals surface area (Å²) >= 11 is 3.51. The third-order valence-electron chi connectivity index (χ3n) is 1.88. The maximum atomic E-state index is 10.3. The molecule has 1 aliphatic heterocycles. The number of hydrogen-bond acceptors (Lipinski definition) is 2. The number of piperidine rings is 1. The maximum absolute atomic E-state index is 10.3. The minimum absolute atomic E-state index is 0.194. The van der Waals surface area contributed by atoms with Crippen molar-refractivity contribution in [2.24, 2.45) is 0 Å². The minimum atomic E-state index is -0.724. The molecular formula is C7H12BrNO2. The highest BCUT2D eigenvalue weighted by atomic mass is 79.9. The molecule has 0 aromatic carbocycles. The van der Waals surface area contributed by atoms with Gasteiger partial charge in [-0.3, -0.25) is 9.69 Å². The van der Waals surface area contributed by atoms with Gasteiger partial charge in [0.2, 0.25) is 0 Å². The molecule has 0 radical (unpaired) electrons. The molecule has 0 atom stereocenters. The topological polar surface area (TPSA) is 40.5 Å². The van der Waals surface area contributed by atoms with Gasteiger partial charge in [-0.2, -0.15) is 0 Å². The second kappa shape index (κ2) is 4.07. The van der Waals surface area contributed by atoms with E-state index in [4.69, 9.17) is 5.11 Å². The summed E-state index contributed by atoms with van der Waals surface area (Å²) in [6.45, 7) is 2.00. The van der Waals surface area contributed by atoms with Crippen molar-refractivity contribution in [1.29, 1.82) is 0 Å². The van der Waals surface area contributed by atoms with Gasteiger partial charge in [-0.25, -0.2) is 0 Å². The lowest BCUT2D eigenvalue weighted by atomic mass is 10.1. The van der Waals surface area contributed by atoms with Gasteiger partial charge in [0.25, 0.3) is 0 Å². The van der Waals surface area contributed by atoms with E-state index >= 15 is 0 Å². The van der Waals surface area contributed by atoms with Crippen LogP contribution in [-0.2, 0) is 4.79 Å². The Balaban J connectivity index is 2.22. The Kier molecular flexibility index (Phi) is 3.33. The van der Waals surface area contributed by atoms with Crippen molar-refractivity contribution >= 4 is 21.9 Å². The molecule has 1 saturated heterocycles. The zero-order valence-corrected chi connectivity index (χ0v) is 7.88. The molecule has 4 heteroatoms. The smallest absolute Gasteiger partial charge is 0.317 e. The number of nitrogens with zero attached hydrogens (tertiary/aromatic N) is 1. The summed E-state index contributed by atoms with van der Waals surface area (Å²) in [5.41, 5.74) is 0. The number of rotatable bonds is 2. The Morgan fingerprint density at radius 2 is 2.09 bits per heavy atom. The van der Waals surface area contributed by atoms with Crippen molar-refractivity contribution in [2.45, 2.75) is 17.7 Å². The van der Waals surface area contributed by atoms with Crippen molar-refractivity contribution in [1.82, 2.24) is 4.90 Å². The van der Waals surface area contributed by atoms with E-state index < -0.39 is 5.97 Å². The molecule has 3 nitrogen and oxygen atoms in total. The Morgan fingerprint density at radius 1 is 1.55 bits per heavy atom. The summed E-state index contributed by atoms with van der Waals surface area (Å²) < 4.78 is 0. The van der Waals surface area contributed by atoms with E-state index in [2.05, 4.69) is 15.9 Å². The standard InChI is InChI=1S/C7H12BrNO2/c8-6-1-3-9(4-2-6)5-7(10)11/h6H,1-5H2,(H,10,11). The first-order valence-electron chi connectivity index (χ1n) is 3.76.